The van der Waals surface area contributed by atoms with Crippen molar-refractivity contribution in [3.8, 4) is 5.75 Å². The first-order valence-electron chi connectivity index (χ1n) is 9.46. The first-order chi connectivity index (χ1) is 14.9. The standard InChI is InChI=1S/C23H20N2O5S/c1-31(27,28)25-17-9-7-8-16(14-17)24-23(26)22-20(15-29-18-10-3-2-4-11-18)19-12-5-6-13-21(19)30-22/h2-14,25H,15H2,1H3,(H,24,26). The van der Waals surface area contributed by atoms with Gasteiger partial charge >= 0.3 is 0 Å². The first kappa shape index (κ1) is 20.5. The van der Waals surface area contributed by atoms with Crippen molar-refractivity contribution < 1.29 is 22.4 Å². The third-order valence-corrected chi connectivity index (χ3v) is 5.06. The lowest BCUT2D eigenvalue weighted by Crippen LogP contribution is -2.14. The molecule has 1 aromatic heterocycles. The molecule has 31 heavy (non-hydrogen) atoms. The lowest BCUT2D eigenvalue weighted by atomic mass is 10.1. The van der Waals surface area contributed by atoms with Crippen LogP contribution in [0.4, 0.5) is 11.4 Å². The van der Waals surface area contributed by atoms with Gasteiger partial charge in [0.2, 0.25) is 10.0 Å². The minimum Gasteiger partial charge on any atom is -0.489 e. The second-order valence-corrected chi connectivity index (χ2v) is 8.67. The lowest BCUT2D eigenvalue weighted by Gasteiger charge is -2.09. The van der Waals surface area contributed by atoms with Gasteiger partial charge in [-0.2, -0.15) is 0 Å². The van der Waals surface area contributed by atoms with Crippen molar-refractivity contribution in [2.75, 3.05) is 16.3 Å². The van der Waals surface area contributed by atoms with E-state index < -0.39 is 15.9 Å². The number of furan rings is 1. The van der Waals surface area contributed by atoms with Crippen molar-refractivity contribution in [2.24, 2.45) is 0 Å². The molecule has 0 fully saturated rings. The quantitative estimate of drug-likeness (QED) is 0.440. The molecular weight excluding hydrogens is 416 g/mol. The third kappa shape index (κ3) is 5.04. The summed E-state index contributed by atoms with van der Waals surface area (Å²) in [6.07, 6.45) is 1.06. The van der Waals surface area contributed by atoms with E-state index in [9.17, 15) is 13.2 Å². The summed E-state index contributed by atoms with van der Waals surface area (Å²) in [5, 5.41) is 3.55. The summed E-state index contributed by atoms with van der Waals surface area (Å²) in [5.74, 6) is 0.358. The number of carbonyl (C=O) groups is 1. The van der Waals surface area contributed by atoms with E-state index in [1.165, 1.54) is 6.07 Å². The summed E-state index contributed by atoms with van der Waals surface area (Å²) in [7, 11) is -3.43. The van der Waals surface area contributed by atoms with Crippen molar-refractivity contribution in [2.45, 2.75) is 6.61 Å². The number of ether oxygens (including phenoxy) is 1. The topological polar surface area (TPSA) is 97.6 Å². The van der Waals surface area contributed by atoms with Gasteiger partial charge in [-0.25, -0.2) is 8.42 Å². The zero-order valence-electron chi connectivity index (χ0n) is 16.7. The second-order valence-electron chi connectivity index (χ2n) is 6.92. The van der Waals surface area contributed by atoms with Crippen LogP contribution in [0.2, 0.25) is 0 Å². The molecule has 158 valence electrons. The summed E-state index contributed by atoms with van der Waals surface area (Å²) >= 11 is 0. The van der Waals surface area contributed by atoms with Gasteiger partial charge < -0.3 is 14.5 Å². The van der Waals surface area contributed by atoms with Crippen LogP contribution in [-0.2, 0) is 16.6 Å². The number of hydrogen-bond acceptors (Lipinski definition) is 5. The molecule has 0 radical (unpaired) electrons. The SMILES string of the molecule is CS(=O)(=O)Nc1cccc(NC(=O)c2oc3ccccc3c2COc2ccccc2)c1. The molecule has 2 N–H and O–H groups in total. The van der Waals surface area contributed by atoms with Gasteiger partial charge in [0, 0.05) is 16.6 Å². The summed E-state index contributed by atoms with van der Waals surface area (Å²) in [6.45, 7) is 0.152. The molecule has 8 heteroatoms. The van der Waals surface area contributed by atoms with E-state index in [1.807, 2.05) is 48.5 Å². The number of rotatable bonds is 7. The van der Waals surface area contributed by atoms with Crippen molar-refractivity contribution in [3.63, 3.8) is 0 Å². The molecule has 0 aliphatic carbocycles. The van der Waals surface area contributed by atoms with Crippen LogP contribution in [0.3, 0.4) is 0 Å². The Morgan fingerprint density at radius 1 is 0.935 bits per heavy atom. The van der Waals surface area contributed by atoms with E-state index in [2.05, 4.69) is 10.0 Å². The molecule has 0 unspecified atom stereocenters. The van der Waals surface area contributed by atoms with Gasteiger partial charge in [0.15, 0.2) is 5.76 Å². The second kappa shape index (κ2) is 8.53. The van der Waals surface area contributed by atoms with Gasteiger partial charge in [-0.05, 0) is 36.4 Å². The number of fused-ring (bicyclic) bond motifs is 1. The molecule has 0 atom stereocenters. The van der Waals surface area contributed by atoms with Gasteiger partial charge in [-0.15, -0.1) is 0 Å². The van der Waals surface area contributed by atoms with Gasteiger partial charge in [-0.1, -0.05) is 42.5 Å². The Kier molecular flexibility index (Phi) is 5.64. The van der Waals surface area contributed by atoms with E-state index in [0.29, 0.717) is 28.3 Å². The molecule has 0 saturated carbocycles. The Morgan fingerprint density at radius 2 is 1.65 bits per heavy atom. The number of benzene rings is 3. The molecule has 1 amide bonds. The van der Waals surface area contributed by atoms with E-state index in [1.54, 1.807) is 24.3 Å². The Bertz CT molecular complexity index is 1330. The van der Waals surface area contributed by atoms with Crippen LogP contribution in [0.1, 0.15) is 16.1 Å². The zero-order chi connectivity index (χ0) is 21.8. The number of amides is 1. The smallest absolute Gasteiger partial charge is 0.291 e. The number of sulfonamides is 1. The van der Waals surface area contributed by atoms with Crippen LogP contribution >= 0.6 is 0 Å². The van der Waals surface area contributed by atoms with Crippen molar-refractivity contribution in [3.05, 3.63) is 90.2 Å². The fourth-order valence-electron chi connectivity index (χ4n) is 3.16. The third-order valence-electron chi connectivity index (χ3n) is 4.45. The molecule has 0 aliphatic heterocycles. The lowest BCUT2D eigenvalue weighted by molar-refractivity contribution is 0.0995. The summed E-state index contributed by atoms with van der Waals surface area (Å²) in [4.78, 5) is 13.0. The van der Waals surface area contributed by atoms with Gasteiger partial charge in [0.1, 0.15) is 17.9 Å². The van der Waals surface area contributed by atoms with E-state index in [-0.39, 0.29) is 12.4 Å². The molecule has 0 bridgehead atoms. The fraction of sp³-hybridized carbons (Fsp3) is 0.0870. The first-order valence-corrected chi connectivity index (χ1v) is 11.4. The highest BCUT2D eigenvalue weighted by molar-refractivity contribution is 7.92. The highest BCUT2D eigenvalue weighted by atomic mass is 32.2. The van der Waals surface area contributed by atoms with Gasteiger partial charge in [0.25, 0.3) is 5.91 Å². The molecule has 0 aliphatic rings. The van der Waals surface area contributed by atoms with Crippen LogP contribution in [-0.4, -0.2) is 20.6 Å². The number of anilines is 2. The van der Waals surface area contributed by atoms with Crippen LogP contribution in [0.15, 0.2) is 83.3 Å². The Labute approximate surface area is 179 Å². The number of hydrogen-bond donors (Lipinski definition) is 2. The van der Waals surface area contributed by atoms with Crippen molar-refractivity contribution in [1.82, 2.24) is 0 Å². The fourth-order valence-corrected chi connectivity index (χ4v) is 3.72. The van der Waals surface area contributed by atoms with E-state index in [4.69, 9.17) is 9.15 Å². The predicted octanol–water partition coefficient (Wildman–Crippen LogP) is 4.64. The summed E-state index contributed by atoms with van der Waals surface area (Å²) in [6, 6.07) is 23.1. The number of carbonyl (C=O) groups excluding carboxylic acids is 1. The average molecular weight is 436 g/mol. The Hall–Kier alpha value is -3.78. The Morgan fingerprint density at radius 3 is 2.42 bits per heavy atom. The average Bonchev–Trinajstić information content (AvgIpc) is 3.11. The maximum atomic E-state index is 13.0. The zero-order valence-corrected chi connectivity index (χ0v) is 17.5. The normalized spacial score (nSPS) is 11.3. The Balaban J connectivity index is 1.61. The highest BCUT2D eigenvalue weighted by Gasteiger charge is 2.21. The van der Waals surface area contributed by atoms with E-state index in [0.717, 1.165) is 11.6 Å². The highest BCUT2D eigenvalue weighted by Crippen LogP contribution is 2.28. The summed E-state index contributed by atoms with van der Waals surface area (Å²) < 4.78 is 37.0. The monoisotopic (exact) mass is 436 g/mol. The van der Waals surface area contributed by atoms with E-state index >= 15 is 0 Å². The molecule has 4 rings (SSSR count). The molecule has 0 saturated heterocycles. The molecule has 4 aromatic rings. The minimum absolute atomic E-state index is 0.138. The predicted molar refractivity (Wildman–Crippen MR) is 120 cm³/mol. The van der Waals surface area contributed by atoms with Gasteiger partial charge in [-0.3, -0.25) is 9.52 Å². The maximum absolute atomic E-state index is 13.0. The van der Waals surface area contributed by atoms with Crippen molar-refractivity contribution in [1.29, 1.82) is 0 Å². The van der Waals surface area contributed by atoms with Crippen molar-refractivity contribution >= 4 is 38.3 Å². The van der Waals surface area contributed by atoms with Crippen LogP contribution in [0.5, 0.6) is 5.75 Å². The molecule has 3 aromatic carbocycles. The number of nitrogens with one attached hydrogen (secondary N) is 2. The largest absolute Gasteiger partial charge is 0.489 e. The minimum atomic E-state index is -3.43. The molecule has 1 heterocycles. The molecule has 0 spiro atoms. The summed E-state index contributed by atoms with van der Waals surface area (Å²) in [5.41, 5.74) is 1.97. The molecule has 7 nitrogen and oxygen atoms in total. The van der Waals surface area contributed by atoms with Crippen LogP contribution < -0.4 is 14.8 Å². The molecular formula is C23H20N2O5S. The van der Waals surface area contributed by atoms with Crippen LogP contribution in [0, 0.1) is 0 Å². The number of para-hydroxylation sites is 2. The van der Waals surface area contributed by atoms with Crippen LogP contribution in [0.25, 0.3) is 11.0 Å². The maximum Gasteiger partial charge on any atom is 0.291 e. The van der Waals surface area contributed by atoms with Gasteiger partial charge in [0.05, 0.1) is 11.9 Å².